The molecule has 2 aliphatic rings. The molecule has 2 aromatic heterocycles. The van der Waals surface area contributed by atoms with E-state index in [0.29, 0.717) is 32.4 Å². The largest absolute Gasteiger partial charge is 0.447 e. The van der Waals surface area contributed by atoms with Gasteiger partial charge in [0, 0.05) is 46.1 Å². The summed E-state index contributed by atoms with van der Waals surface area (Å²) >= 11 is 7.74. The van der Waals surface area contributed by atoms with E-state index in [9.17, 15) is 18.0 Å². The van der Waals surface area contributed by atoms with Gasteiger partial charge < -0.3 is 15.4 Å². The molecule has 1 aromatic carbocycles. The first-order valence-electron chi connectivity index (χ1n) is 10.1. The number of nitrogens with one attached hydrogen (secondary N) is 2. The van der Waals surface area contributed by atoms with Crippen LogP contribution in [-0.4, -0.2) is 39.3 Å². The Morgan fingerprint density at radius 3 is 2.82 bits per heavy atom. The van der Waals surface area contributed by atoms with Gasteiger partial charge in [-0.05, 0) is 18.2 Å². The van der Waals surface area contributed by atoms with Gasteiger partial charge in [0.2, 0.25) is 0 Å². The van der Waals surface area contributed by atoms with Gasteiger partial charge in [-0.15, -0.1) is 11.3 Å². The summed E-state index contributed by atoms with van der Waals surface area (Å²) in [5, 5.41) is 12.5. The Balaban J connectivity index is 1.67. The van der Waals surface area contributed by atoms with Crippen molar-refractivity contribution < 1.29 is 22.7 Å². The number of thiazole rings is 1. The molecule has 0 unspecified atom stereocenters. The first kappa shape index (κ1) is 22.4. The van der Waals surface area contributed by atoms with Crippen molar-refractivity contribution in [2.45, 2.75) is 25.1 Å². The molecule has 0 aliphatic carbocycles. The van der Waals surface area contributed by atoms with E-state index in [0.717, 1.165) is 12.3 Å². The van der Waals surface area contributed by atoms with Gasteiger partial charge in [0.15, 0.2) is 10.8 Å². The number of aromatic nitrogens is 3. The van der Waals surface area contributed by atoms with E-state index in [4.69, 9.17) is 21.3 Å². The maximum atomic E-state index is 13.8. The second-order valence-electron chi connectivity index (χ2n) is 7.50. The molecule has 0 saturated carbocycles. The molecule has 1 fully saturated rings. The van der Waals surface area contributed by atoms with Crippen LogP contribution in [0.3, 0.4) is 0 Å². The third kappa shape index (κ3) is 4.38. The van der Waals surface area contributed by atoms with Gasteiger partial charge in [-0.3, -0.25) is 4.99 Å². The number of amides is 1. The molecule has 0 bridgehead atoms. The van der Waals surface area contributed by atoms with Crippen molar-refractivity contribution in [1.82, 2.24) is 25.4 Å². The number of rotatable bonds is 6. The normalized spacial score (nSPS) is 20.3. The number of nitrogens with zero attached hydrogens (tertiary/aromatic N) is 4. The second-order valence-corrected chi connectivity index (χ2v) is 8.80. The van der Waals surface area contributed by atoms with Crippen molar-refractivity contribution in [2.24, 2.45) is 4.99 Å². The number of hydrogen-bond acceptors (Lipinski definition) is 7. The number of ether oxygens (including phenoxy) is 1. The van der Waals surface area contributed by atoms with E-state index in [-0.39, 0.29) is 29.8 Å². The standard InChI is InChI=1S/C21H16ClF3N6O2S/c22-13-7-10(23)1-2-12(13)17-16(14-3-5-31(30-14)20(24)25)15(8-11-9-33-21(32)27-11)28-18(29-17)19-26-4-6-34-19/h1-7,11,17,20H,8-9H2,(H,27,32)(H,28,29)/t11-,17-/m0/s1. The number of halogens is 4. The molecule has 2 aliphatic heterocycles. The molecule has 1 saturated heterocycles. The number of hydrogen-bond donors (Lipinski definition) is 2. The molecule has 2 N–H and O–H groups in total. The minimum atomic E-state index is -2.83. The Morgan fingerprint density at radius 2 is 2.18 bits per heavy atom. The Morgan fingerprint density at radius 1 is 1.32 bits per heavy atom. The van der Waals surface area contributed by atoms with Gasteiger partial charge in [-0.25, -0.2) is 18.9 Å². The summed E-state index contributed by atoms with van der Waals surface area (Å²) in [5.74, 6) is -0.0944. The summed E-state index contributed by atoms with van der Waals surface area (Å²) in [5.41, 5.74) is 1.74. The van der Waals surface area contributed by atoms with Crippen LogP contribution in [0.25, 0.3) is 5.57 Å². The molecule has 0 spiro atoms. The molecule has 0 radical (unpaired) electrons. The fourth-order valence-corrected chi connectivity index (χ4v) is 4.69. The average molecular weight is 509 g/mol. The highest BCUT2D eigenvalue weighted by Gasteiger charge is 2.34. The SMILES string of the molecule is O=C1N[C@@H](CC2=C(c3ccn(C(F)F)n3)[C@H](c3ccc(F)cc3Cl)N=C(c3nccs3)N2)CO1. The highest BCUT2D eigenvalue weighted by atomic mass is 35.5. The van der Waals surface area contributed by atoms with Gasteiger partial charge in [-0.2, -0.15) is 13.9 Å². The maximum Gasteiger partial charge on any atom is 0.407 e. The number of carbonyl (C=O) groups is 1. The highest BCUT2D eigenvalue weighted by molar-refractivity contribution is 7.11. The minimum absolute atomic E-state index is 0.122. The average Bonchev–Trinajstić information content (AvgIpc) is 3.56. The minimum Gasteiger partial charge on any atom is -0.447 e. The zero-order valence-electron chi connectivity index (χ0n) is 17.2. The summed E-state index contributed by atoms with van der Waals surface area (Å²) in [6, 6.07) is 4.18. The van der Waals surface area contributed by atoms with Crippen molar-refractivity contribution in [3.63, 3.8) is 0 Å². The number of carbonyl (C=O) groups excluding carboxylic acids is 1. The van der Waals surface area contributed by atoms with Crippen LogP contribution < -0.4 is 10.6 Å². The predicted molar refractivity (Wildman–Crippen MR) is 119 cm³/mol. The molecule has 8 nitrogen and oxygen atoms in total. The third-order valence-electron chi connectivity index (χ3n) is 5.29. The topological polar surface area (TPSA) is 93.4 Å². The summed E-state index contributed by atoms with van der Waals surface area (Å²) in [6.07, 6.45) is 2.51. The van der Waals surface area contributed by atoms with Gasteiger partial charge in [-0.1, -0.05) is 17.7 Å². The number of benzene rings is 1. The lowest BCUT2D eigenvalue weighted by Crippen LogP contribution is -2.35. The summed E-state index contributed by atoms with van der Waals surface area (Å²) in [6.45, 7) is -2.70. The number of alkyl carbamates (subject to hydrolysis) is 1. The fourth-order valence-electron chi connectivity index (χ4n) is 3.83. The molecular formula is C21H16ClF3N6O2S. The van der Waals surface area contributed by atoms with Gasteiger partial charge >= 0.3 is 12.6 Å². The van der Waals surface area contributed by atoms with Gasteiger partial charge in [0.1, 0.15) is 18.5 Å². The van der Waals surface area contributed by atoms with Crippen molar-refractivity contribution >= 4 is 40.4 Å². The van der Waals surface area contributed by atoms with E-state index in [1.807, 2.05) is 0 Å². The van der Waals surface area contributed by atoms with Gasteiger partial charge in [0.05, 0.1) is 11.7 Å². The molecule has 1 amide bonds. The summed E-state index contributed by atoms with van der Waals surface area (Å²) in [4.78, 5) is 20.7. The molecule has 5 rings (SSSR count). The van der Waals surface area contributed by atoms with Crippen LogP contribution in [0, 0.1) is 5.82 Å². The molecule has 3 aromatic rings. The Hall–Kier alpha value is -3.38. The van der Waals surface area contributed by atoms with Crippen LogP contribution in [0.4, 0.5) is 18.0 Å². The Labute approximate surface area is 200 Å². The quantitative estimate of drug-likeness (QED) is 0.510. The molecule has 34 heavy (non-hydrogen) atoms. The first-order chi connectivity index (χ1) is 16.4. The lowest BCUT2D eigenvalue weighted by atomic mass is 9.91. The molecule has 176 valence electrons. The van der Waals surface area contributed by atoms with Crippen molar-refractivity contribution in [2.75, 3.05) is 6.61 Å². The van der Waals surface area contributed by atoms with Crippen LogP contribution in [0.2, 0.25) is 5.02 Å². The van der Waals surface area contributed by atoms with Crippen LogP contribution >= 0.6 is 22.9 Å². The molecular weight excluding hydrogens is 493 g/mol. The van der Waals surface area contributed by atoms with Crippen LogP contribution in [-0.2, 0) is 4.74 Å². The summed E-state index contributed by atoms with van der Waals surface area (Å²) < 4.78 is 45.9. The maximum absolute atomic E-state index is 13.8. The van der Waals surface area contributed by atoms with E-state index >= 15 is 0 Å². The third-order valence-corrected chi connectivity index (χ3v) is 6.40. The lowest BCUT2D eigenvalue weighted by Gasteiger charge is -2.29. The molecule has 13 heteroatoms. The molecule has 4 heterocycles. The van der Waals surface area contributed by atoms with Crippen LogP contribution in [0.1, 0.15) is 35.3 Å². The van der Waals surface area contributed by atoms with E-state index < -0.39 is 24.5 Å². The number of cyclic esters (lactones) is 1. The van der Waals surface area contributed by atoms with E-state index in [1.54, 1.807) is 11.6 Å². The van der Waals surface area contributed by atoms with Crippen molar-refractivity contribution in [3.05, 3.63) is 74.8 Å². The number of amidine groups is 1. The molecule has 2 atom stereocenters. The Bertz CT molecular complexity index is 1290. The predicted octanol–water partition coefficient (Wildman–Crippen LogP) is 4.53. The number of aliphatic imine (C=N–C) groups is 1. The van der Waals surface area contributed by atoms with Crippen LogP contribution in [0.15, 0.2) is 52.7 Å². The zero-order valence-corrected chi connectivity index (χ0v) is 18.8. The lowest BCUT2D eigenvalue weighted by molar-refractivity contribution is 0.0564. The van der Waals surface area contributed by atoms with E-state index in [1.165, 1.54) is 29.5 Å². The Kier molecular flexibility index (Phi) is 6.00. The smallest absolute Gasteiger partial charge is 0.407 e. The first-order valence-corrected chi connectivity index (χ1v) is 11.3. The highest BCUT2D eigenvalue weighted by Crippen LogP contribution is 2.41. The van der Waals surface area contributed by atoms with Crippen LogP contribution in [0.5, 0.6) is 0 Å². The second kappa shape index (κ2) is 9.11. The monoisotopic (exact) mass is 508 g/mol. The van der Waals surface area contributed by atoms with E-state index in [2.05, 4.69) is 20.7 Å². The van der Waals surface area contributed by atoms with Crippen molar-refractivity contribution in [3.8, 4) is 0 Å². The van der Waals surface area contributed by atoms with Gasteiger partial charge in [0.25, 0.3) is 0 Å². The van der Waals surface area contributed by atoms with Crippen molar-refractivity contribution in [1.29, 1.82) is 0 Å². The summed E-state index contributed by atoms with van der Waals surface area (Å²) in [7, 11) is 0. The number of alkyl halides is 2. The fraction of sp³-hybridized carbons (Fsp3) is 0.238. The zero-order chi connectivity index (χ0) is 23.8.